The van der Waals surface area contributed by atoms with E-state index in [0.717, 1.165) is 5.69 Å². The fraction of sp³-hybridized carbons (Fsp3) is 0.417. The Morgan fingerprint density at radius 2 is 2.17 bits per heavy atom. The van der Waals surface area contributed by atoms with Crippen LogP contribution in [0.2, 0.25) is 5.02 Å². The summed E-state index contributed by atoms with van der Waals surface area (Å²) in [5.41, 5.74) is 6.97. The number of aliphatic hydroxyl groups is 1. The predicted octanol–water partition coefficient (Wildman–Crippen LogP) is 1.64. The minimum Gasteiger partial charge on any atom is -0.409 e. The van der Waals surface area contributed by atoms with E-state index in [1.807, 2.05) is 18.7 Å². The van der Waals surface area contributed by atoms with Gasteiger partial charge in [0, 0.05) is 28.9 Å². The van der Waals surface area contributed by atoms with Crippen molar-refractivity contribution in [2.45, 2.75) is 19.9 Å². The second-order valence-corrected chi connectivity index (χ2v) is 4.59. The van der Waals surface area contributed by atoms with Crippen molar-refractivity contribution in [3.8, 4) is 0 Å². The highest BCUT2D eigenvalue weighted by atomic mass is 35.5. The highest BCUT2D eigenvalue weighted by Gasteiger charge is 2.16. The van der Waals surface area contributed by atoms with Gasteiger partial charge in [-0.25, -0.2) is 0 Å². The van der Waals surface area contributed by atoms with Crippen LogP contribution in [0.25, 0.3) is 0 Å². The molecule has 0 aromatic heterocycles. The molecule has 100 valence electrons. The fourth-order valence-electron chi connectivity index (χ4n) is 1.78. The number of nitrogens with zero attached hydrogens (tertiary/aromatic N) is 2. The van der Waals surface area contributed by atoms with Gasteiger partial charge >= 0.3 is 0 Å². The molecule has 0 spiro atoms. The van der Waals surface area contributed by atoms with E-state index in [1.165, 1.54) is 0 Å². The van der Waals surface area contributed by atoms with Gasteiger partial charge < -0.3 is 20.9 Å². The monoisotopic (exact) mass is 271 g/mol. The Hall–Kier alpha value is -1.46. The Labute approximate surface area is 111 Å². The van der Waals surface area contributed by atoms with Crippen LogP contribution in [0.15, 0.2) is 23.4 Å². The third-order valence-corrected chi connectivity index (χ3v) is 2.85. The number of hydrogen-bond acceptors (Lipinski definition) is 4. The molecule has 0 saturated heterocycles. The van der Waals surface area contributed by atoms with Crippen LogP contribution in [-0.4, -0.2) is 35.3 Å². The molecule has 0 saturated carbocycles. The zero-order valence-electron chi connectivity index (χ0n) is 10.5. The number of rotatable bonds is 5. The summed E-state index contributed by atoms with van der Waals surface area (Å²) < 4.78 is 0. The van der Waals surface area contributed by atoms with Gasteiger partial charge in [0.15, 0.2) is 5.84 Å². The first kappa shape index (κ1) is 14.6. The number of benzene rings is 1. The van der Waals surface area contributed by atoms with Gasteiger partial charge in [-0.1, -0.05) is 16.8 Å². The van der Waals surface area contributed by atoms with Crippen molar-refractivity contribution in [1.29, 1.82) is 0 Å². The molecule has 0 heterocycles. The molecule has 0 aliphatic rings. The topological polar surface area (TPSA) is 82.1 Å². The van der Waals surface area contributed by atoms with Crippen LogP contribution in [0.1, 0.15) is 19.4 Å². The minimum absolute atomic E-state index is 0.0142. The molecule has 6 heteroatoms. The lowest BCUT2D eigenvalue weighted by Crippen LogP contribution is -2.35. The van der Waals surface area contributed by atoms with Gasteiger partial charge in [0.2, 0.25) is 0 Å². The lowest BCUT2D eigenvalue weighted by molar-refractivity contribution is 0.299. The van der Waals surface area contributed by atoms with Gasteiger partial charge in [-0.3, -0.25) is 0 Å². The zero-order valence-corrected chi connectivity index (χ0v) is 11.2. The van der Waals surface area contributed by atoms with Crippen LogP contribution in [0.4, 0.5) is 5.69 Å². The summed E-state index contributed by atoms with van der Waals surface area (Å²) in [7, 11) is 0. The maximum atomic E-state index is 9.12. The third kappa shape index (κ3) is 3.27. The van der Waals surface area contributed by atoms with Crippen LogP contribution in [0.3, 0.4) is 0 Å². The summed E-state index contributed by atoms with van der Waals surface area (Å²) >= 11 is 5.98. The minimum atomic E-state index is 0.0142. The second kappa shape index (κ2) is 6.47. The second-order valence-electron chi connectivity index (χ2n) is 4.16. The van der Waals surface area contributed by atoms with Crippen LogP contribution in [0.5, 0.6) is 0 Å². The van der Waals surface area contributed by atoms with E-state index in [-0.39, 0.29) is 18.5 Å². The number of hydrogen-bond donors (Lipinski definition) is 3. The molecule has 0 aliphatic carbocycles. The summed E-state index contributed by atoms with van der Waals surface area (Å²) in [6.07, 6.45) is 0. The van der Waals surface area contributed by atoms with Gasteiger partial charge in [-0.05, 0) is 32.0 Å². The van der Waals surface area contributed by atoms with Gasteiger partial charge in [-0.15, -0.1) is 0 Å². The fourth-order valence-corrected chi connectivity index (χ4v) is 1.94. The molecule has 1 aromatic rings. The Morgan fingerprint density at radius 3 is 2.67 bits per heavy atom. The van der Waals surface area contributed by atoms with Gasteiger partial charge in [0.1, 0.15) is 0 Å². The average molecular weight is 272 g/mol. The lowest BCUT2D eigenvalue weighted by Gasteiger charge is -2.30. The van der Waals surface area contributed by atoms with E-state index in [1.54, 1.807) is 18.2 Å². The molecule has 1 rings (SSSR count). The van der Waals surface area contributed by atoms with E-state index < -0.39 is 0 Å². The normalized spacial score (nSPS) is 11.9. The van der Waals surface area contributed by atoms with Crippen molar-refractivity contribution in [2.75, 3.05) is 18.1 Å². The molecule has 4 N–H and O–H groups in total. The molecular formula is C12H18ClN3O2. The van der Waals surface area contributed by atoms with Gasteiger partial charge in [-0.2, -0.15) is 0 Å². The van der Waals surface area contributed by atoms with E-state index in [9.17, 15) is 0 Å². The Bertz CT molecular complexity index is 435. The Morgan fingerprint density at radius 1 is 1.50 bits per heavy atom. The standard InChI is InChI=1S/C12H18ClN3O2/c1-8(2)16(5-6-17)11-7-9(13)3-4-10(11)12(14)15-18/h3-4,7-8,17-18H,5-6H2,1-2H3,(H2,14,15). The van der Waals surface area contributed by atoms with Crippen molar-refractivity contribution in [1.82, 2.24) is 0 Å². The summed E-state index contributed by atoms with van der Waals surface area (Å²) in [5.74, 6) is 0.0188. The van der Waals surface area contributed by atoms with Crippen molar-refractivity contribution in [3.63, 3.8) is 0 Å². The first-order valence-electron chi connectivity index (χ1n) is 5.66. The number of anilines is 1. The number of amidine groups is 1. The first-order valence-corrected chi connectivity index (χ1v) is 6.04. The van der Waals surface area contributed by atoms with E-state index >= 15 is 0 Å². The number of halogens is 1. The first-order chi connectivity index (χ1) is 8.51. The van der Waals surface area contributed by atoms with Gasteiger partial charge in [0.25, 0.3) is 0 Å². The van der Waals surface area contributed by atoms with Crippen molar-refractivity contribution in [3.05, 3.63) is 28.8 Å². The predicted molar refractivity (Wildman–Crippen MR) is 73.5 cm³/mol. The van der Waals surface area contributed by atoms with Crippen LogP contribution in [0, 0.1) is 0 Å². The third-order valence-electron chi connectivity index (χ3n) is 2.62. The average Bonchev–Trinajstić information content (AvgIpc) is 2.34. The van der Waals surface area contributed by atoms with Crippen LogP contribution < -0.4 is 10.6 Å². The summed E-state index contributed by atoms with van der Waals surface area (Å²) in [4.78, 5) is 1.94. The smallest absolute Gasteiger partial charge is 0.172 e. The summed E-state index contributed by atoms with van der Waals surface area (Å²) in [6, 6.07) is 5.26. The molecule has 18 heavy (non-hydrogen) atoms. The molecule has 0 aliphatic heterocycles. The molecule has 0 radical (unpaired) electrons. The number of aliphatic hydroxyl groups excluding tert-OH is 1. The van der Waals surface area contributed by atoms with E-state index in [4.69, 9.17) is 27.6 Å². The van der Waals surface area contributed by atoms with Crippen LogP contribution >= 0.6 is 11.6 Å². The van der Waals surface area contributed by atoms with Crippen molar-refractivity contribution in [2.24, 2.45) is 10.9 Å². The van der Waals surface area contributed by atoms with Crippen molar-refractivity contribution >= 4 is 23.1 Å². The van der Waals surface area contributed by atoms with Gasteiger partial charge in [0.05, 0.1) is 6.61 Å². The molecule has 0 unspecified atom stereocenters. The summed E-state index contributed by atoms with van der Waals surface area (Å²) in [6.45, 7) is 4.45. The van der Waals surface area contributed by atoms with E-state index in [2.05, 4.69) is 5.16 Å². The highest BCUT2D eigenvalue weighted by molar-refractivity contribution is 6.31. The SMILES string of the molecule is CC(C)N(CCO)c1cc(Cl)ccc1C(N)=NO. The molecule has 1 aromatic carbocycles. The largest absolute Gasteiger partial charge is 0.409 e. The maximum Gasteiger partial charge on any atom is 0.172 e. The Kier molecular flexibility index (Phi) is 5.25. The molecule has 5 nitrogen and oxygen atoms in total. The molecular weight excluding hydrogens is 254 g/mol. The molecule has 0 amide bonds. The maximum absolute atomic E-state index is 9.12. The molecule has 0 fully saturated rings. The zero-order chi connectivity index (χ0) is 13.7. The Balaban J connectivity index is 3.30. The number of nitrogens with two attached hydrogens (primary N) is 1. The quantitative estimate of drug-likeness (QED) is 0.329. The number of oxime groups is 1. The summed E-state index contributed by atoms with van der Waals surface area (Å²) in [5, 5.41) is 21.5. The molecule has 0 atom stereocenters. The van der Waals surface area contributed by atoms with Crippen molar-refractivity contribution < 1.29 is 10.3 Å². The molecule has 0 bridgehead atoms. The van der Waals surface area contributed by atoms with E-state index in [0.29, 0.717) is 17.1 Å². The van der Waals surface area contributed by atoms with Crippen LogP contribution in [-0.2, 0) is 0 Å². The highest BCUT2D eigenvalue weighted by Crippen LogP contribution is 2.26. The lowest BCUT2D eigenvalue weighted by atomic mass is 10.1.